The Kier molecular flexibility index (Phi) is 6.91. The van der Waals surface area contributed by atoms with E-state index in [0.29, 0.717) is 6.04 Å². The molecule has 0 amide bonds. The van der Waals surface area contributed by atoms with Crippen LogP contribution >= 0.6 is 0 Å². The molecule has 0 bridgehead atoms. The molecule has 0 spiro atoms. The van der Waals surface area contributed by atoms with E-state index >= 15 is 0 Å². The van der Waals surface area contributed by atoms with Gasteiger partial charge in [0, 0.05) is 49.7 Å². The number of fused-ring (bicyclic) bond motifs is 7. The van der Waals surface area contributed by atoms with Crippen molar-refractivity contribution in [2.45, 2.75) is 31.7 Å². The zero-order valence-electron chi connectivity index (χ0n) is 29.4. The number of nitrogens with zero attached hydrogens (tertiary/aromatic N) is 1. The van der Waals surface area contributed by atoms with Crippen LogP contribution in [0.3, 0.4) is 0 Å². The van der Waals surface area contributed by atoms with Crippen molar-refractivity contribution in [3.05, 3.63) is 170 Å². The van der Waals surface area contributed by atoms with Crippen LogP contribution in [0.25, 0.3) is 99.0 Å². The normalized spacial score (nSPS) is 13.7. The van der Waals surface area contributed by atoms with Crippen molar-refractivity contribution in [1.82, 2.24) is 4.57 Å². The molecule has 0 saturated heterocycles. The van der Waals surface area contributed by atoms with Crippen LogP contribution in [0.5, 0.6) is 0 Å². The smallest absolute Gasteiger partial charge is 0.144 e. The summed E-state index contributed by atoms with van der Waals surface area (Å²) in [6.45, 7) is 0. The van der Waals surface area contributed by atoms with Crippen LogP contribution in [-0.2, 0) is 0 Å². The molecule has 2 heteroatoms. The van der Waals surface area contributed by atoms with Crippen molar-refractivity contribution in [3.63, 3.8) is 0 Å². The molecule has 0 radical (unpaired) electrons. The second-order valence-corrected chi connectivity index (χ2v) is 14.7. The first-order valence-corrected chi connectivity index (χ1v) is 19.0. The summed E-state index contributed by atoms with van der Waals surface area (Å²) >= 11 is 0. The van der Waals surface area contributed by atoms with Crippen molar-refractivity contribution in [3.8, 4) is 44.5 Å². The molecule has 1 saturated carbocycles. The lowest BCUT2D eigenvalue weighted by Crippen LogP contribution is -2.03. The number of hydrogen-bond acceptors (Lipinski definition) is 1. The molecule has 252 valence electrons. The van der Waals surface area contributed by atoms with Gasteiger partial charge >= 0.3 is 0 Å². The van der Waals surface area contributed by atoms with E-state index in [2.05, 4.69) is 174 Å². The van der Waals surface area contributed by atoms with Gasteiger partial charge < -0.3 is 8.98 Å². The minimum atomic E-state index is 0.556. The van der Waals surface area contributed by atoms with E-state index in [1.165, 1.54) is 97.0 Å². The fourth-order valence-corrected chi connectivity index (χ4v) is 9.31. The molecule has 0 unspecified atom stereocenters. The highest BCUT2D eigenvalue weighted by Crippen LogP contribution is 2.49. The summed E-state index contributed by atoms with van der Waals surface area (Å²) in [5.41, 5.74) is 14.0. The molecule has 11 rings (SSSR count). The fourth-order valence-electron chi connectivity index (χ4n) is 9.31. The Labute approximate surface area is 308 Å². The molecule has 2 aromatic heterocycles. The van der Waals surface area contributed by atoms with E-state index in [1.54, 1.807) is 0 Å². The lowest BCUT2D eigenvalue weighted by Gasteiger charge is -2.17. The zero-order valence-corrected chi connectivity index (χ0v) is 29.4. The van der Waals surface area contributed by atoms with Gasteiger partial charge in [0.25, 0.3) is 0 Å². The lowest BCUT2D eigenvalue weighted by atomic mass is 9.86. The first-order valence-electron chi connectivity index (χ1n) is 19.0. The molecular formula is C51H37NO. The molecule has 2 nitrogen and oxygen atoms in total. The molecule has 10 aromatic rings. The quantitative estimate of drug-likeness (QED) is 0.177. The summed E-state index contributed by atoms with van der Waals surface area (Å²) < 4.78 is 9.66. The van der Waals surface area contributed by atoms with Gasteiger partial charge in [-0.15, -0.1) is 0 Å². The highest BCUT2D eigenvalue weighted by molar-refractivity contribution is 6.27. The molecule has 0 aliphatic heterocycles. The van der Waals surface area contributed by atoms with Gasteiger partial charge in [0.1, 0.15) is 11.2 Å². The average molecular weight is 680 g/mol. The van der Waals surface area contributed by atoms with Crippen LogP contribution in [0.1, 0.15) is 31.7 Å². The maximum atomic E-state index is 7.02. The molecule has 0 N–H and O–H groups in total. The Bertz CT molecular complexity index is 2940. The van der Waals surface area contributed by atoms with Gasteiger partial charge in [0.15, 0.2) is 0 Å². The van der Waals surface area contributed by atoms with Gasteiger partial charge in [-0.2, -0.15) is 0 Å². The van der Waals surface area contributed by atoms with Crippen molar-refractivity contribution >= 4 is 54.5 Å². The highest BCUT2D eigenvalue weighted by atomic mass is 16.3. The van der Waals surface area contributed by atoms with Crippen LogP contribution in [0, 0.1) is 0 Å². The summed E-state index contributed by atoms with van der Waals surface area (Å²) in [5, 5.41) is 7.37. The fraction of sp³-hybridized carbons (Fsp3) is 0.0980. The van der Waals surface area contributed by atoms with E-state index in [-0.39, 0.29) is 0 Å². The maximum absolute atomic E-state index is 7.02. The molecule has 1 aliphatic rings. The molecule has 53 heavy (non-hydrogen) atoms. The molecule has 0 atom stereocenters. The van der Waals surface area contributed by atoms with Crippen LogP contribution in [0.15, 0.2) is 174 Å². The van der Waals surface area contributed by atoms with Gasteiger partial charge in [-0.25, -0.2) is 0 Å². The second kappa shape index (κ2) is 12.1. The van der Waals surface area contributed by atoms with E-state index in [0.717, 1.165) is 27.7 Å². The standard InChI is InChI=1S/C51H37NO/c1-3-15-33(16-4-1)36-29-37(34-17-5-2-6-18-34)31-38(30-36)49-42-23-10-9-22-41(42)48(50-43-24-12-14-26-47(43)53-51(49)50)35-27-28-46-44(32-35)40-21-11-13-25-45(40)52(46)39-19-7-8-20-39/h1-6,9-18,21-32,39H,7-8,19-20H2. The number of rotatable bonds is 5. The molecule has 8 aromatic carbocycles. The van der Waals surface area contributed by atoms with Gasteiger partial charge in [0.2, 0.25) is 0 Å². The van der Waals surface area contributed by atoms with Crippen LogP contribution in [0.4, 0.5) is 0 Å². The van der Waals surface area contributed by atoms with Crippen LogP contribution < -0.4 is 0 Å². The zero-order chi connectivity index (χ0) is 34.9. The molecule has 1 fully saturated rings. The van der Waals surface area contributed by atoms with Crippen LogP contribution in [-0.4, -0.2) is 4.57 Å². The second-order valence-electron chi connectivity index (χ2n) is 14.7. The number of hydrogen-bond donors (Lipinski definition) is 0. The SMILES string of the molecule is c1ccc(-c2cc(-c3ccccc3)cc(-c3c4ccccc4c(-c4ccc5c(c4)c4ccccc4n5C4CCCC4)c4c3oc3ccccc34)c2)cc1. The van der Waals surface area contributed by atoms with Crippen LogP contribution in [0.2, 0.25) is 0 Å². The molecular weight excluding hydrogens is 643 g/mol. The Morgan fingerprint density at radius 3 is 1.64 bits per heavy atom. The molecule has 2 heterocycles. The predicted molar refractivity (Wildman–Crippen MR) is 223 cm³/mol. The molecule has 1 aliphatic carbocycles. The summed E-state index contributed by atoms with van der Waals surface area (Å²) in [5.74, 6) is 0. The first kappa shape index (κ1) is 30.3. The highest BCUT2D eigenvalue weighted by Gasteiger charge is 2.25. The predicted octanol–water partition coefficient (Wildman–Crippen LogP) is 14.6. The largest absolute Gasteiger partial charge is 0.455 e. The summed E-state index contributed by atoms with van der Waals surface area (Å²) in [7, 11) is 0. The minimum absolute atomic E-state index is 0.556. The Morgan fingerprint density at radius 1 is 0.396 bits per heavy atom. The summed E-state index contributed by atoms with van der Waals surface area (Å²) in [6.07, 6.45) is 5.12. The third kappa shape index (κ3) is 4.79. The average Bonchev–Trinajstić information content (AvgIpc) is 3.97. The topological polar surface area (TPSA) is 18.1 Å². The third-order valence-corrected chi connectivity index (χ3v) is 11.7. The number of aromatic nitrogens is 1. The summed E-state index contributed by atoms with van der Waals surface area (Å²) in [4.78, 5) is 0. The van der Waals surface area contributed by atoms with E-state index in [9.17, 15) is 0 Å². The lowest BCUT2D eigenvalue weighted by molar-refractivity contribution is 0.550. The maximum Gasteiger partial charge on any atom is 0.144 e. The third-order valence-electron chi connectivity index (χ3n) is 11.7. The van der Waals surface area contributed by atoms with Crippen molar-refractivity contribution in [1.29, 1.82) is 0 Å². The van der Waals surface area contributed by atoms with E-state index in [4.69, 9.17) is 4.42 Å². The number of furan rings is 1. The number of para-hydroxylation sites is 2. The first-order chi connectivity index (χ1) is 26.3. The van der Waals surface area contributed by atoms with Gasteiger partial charge in [0.05, 0.1) is 0 Å². The Morgan fingerprint density at radius 2 is 0.943 bits per heavy atom. The number of benzene rings is 8. The summed E-state index contributed by atoms with van der Waals surface area (Å²) in [6, 6.07) is 62.7. The minimum Gasteiger partial charge on any atom is -0.455 e. The van der Waals surface area contributed by atoms with Gasteiger partial charge in [-0.05, 0) is 99.5 Å². The monoisotopic (exact) mass is 679 g/mol. The van der Waals surface area contributed by atoms with Crippen molar-refractivity contribution in [2.75, 3.05) is 0 Å². The van der Waals surface area contributed by atoms with Crippen molar-refractivity contribution < 1.29 is 4.42 Å². The van der Waals surface area contributed by atoms with E-state index in [1.807, 2.05) is 0 Å². The Balaban J connectivity index is 1.24. The van der Waals surface area contributed by atoms with Crippen molar-refractivity contribution in [2.24, 2.45) is 0 Å². The Hall–Kier alpha value is -6.38. The van der Waals surface area contributed by atoms with Gasteiger partial charge in [-0.1, -0.05) is 140 Å². The van der Waals surface area contributed by atoms with Gasteiger partial charge in [-0.3, -0.25) is 0 Å². The van der Waals surface area contributed by atoms with E-state index < -0.39 is 0 Å².